The van der Waals surface area contributed by atoms with Gasteiger partial charge in [0.25, 0.3) is 0 Å². The van der Waals surface area contributed by atoms with Crippen LogP contribution in [0.5, 0.6) is 0 Å². The van der Waals surface area contributed by atoms with E-state index < -0.39 is 0 Å². The fourth-order valence-electron chi connectivity index (χ4n) is 1.07. The Labute approximate surface area is 96.3 Å². The largest absolute Gasteiger partial charge is 0.0880 e. The Hall–Kier alpha value is -0.0800. The lowest BCUT2D eigenvalue weighted by Crippen LogP contribution is -1.81. The zero-order chi connectivity index (χ0) is 9.68. The zero-order valence-electron chi connectivity index (χ0n) is 7.56. The lowest BCUT2D eigenvalue weighted by Gasteiger charge is -1.99. The normalized spacial score (nSPS) is 11.8. The maximum Gasteiger partial charge on any atom is 0.0245 e. The molecule has 0 N–H and O–H groups in total. The van der Waals surface area contributed by atoms with Gasteiger partial charge >= 0.3 is 0 Å². The van der Waals surface area contributed by atoms with Gasteiger partial charge in [-0.05, 0) is 24.1 Å². The Morgan fingerprint density at radius 2 is 2.23 bits per heavy atom. The zero-order valence-corrected chi connectivity index (χ0v) is 10.7. The number of halogens is 2. The van der Waals surface area contributed by atoms with E-state index in [9.17, 15) is 0 Å². The van der Waals surface area contributed by atoms with Crippen LogP contribution in [0.25, 0.3) is 6.08 Å². The van der Waals surface area contributed by atoms with Gasteiger partial charge in [-0.25, -0.2) is 0 Å². The van der Waals surface area contributed by atoms with Crippen molar-refractivity contribution in [2.45, 2.75) is 13.3 Å². The van der Waals surface area contributed by atoms with Crippen LogP contribution in [-0.4, -0.2) is 5.33 Å². The smallest absolute Gasteiger partial charge is 0.0245 e. The molecule has 0 aliphatic carbocycles. The number of benzene rings is 1. The van der Waals surface area contributed by atoms with E-state index in [4.69, 9.17) is 0 Å². The van der Waals surface area contributed by atoms with Crippen molar-refractivity contribution in [3.63, 3.8) is 0 Å². The van der Waals surface area contributed by atoms with Crippen LogP contribution >= 0.6 is 31.9 Å². The Morgan fingerprint density at radius 1 is 1.46 bits per heavy atom. The molecule has 0 spiro atoms. The van der Waals surface area contributed by atoms with Gasteiger partial charge in [0.05, 0.1) is 0 Å². The third-order valence-corrected chi connectivity index (χ3v) is 3.06. The number of hydrogen-bond acceptors (Lipinski definition) is 0. The Kier molecular flexibility index (Phi) is 4.74. The molecule has 0 fully saturated rings. The van der Waals surface area contributed by atoms with Crippen molar-refractivity contribution in [3.05, 3.63) is 39.9 Å². The lowest BCUT2D eigenvalue weighted by molar-refractivity contribution is 1.12. The molecule has 0 heterocycles. The van der Waals surface area contributed by atoms with Gasteiger partial charge in [0.2, 0.25) is 0 Å². The summed E-state index contributed by atoms with van der Waals surface area (Å²) in [5.74, 6) is 0. The molecule has 13 heavy (non-hydrogen) atoms. The molecule has 2 heteroatoms. The quantitative estimate of drug-likeness (QED) is 0.714. The molecule has 0 aromatic heterocycles. The summed E-state index contributed by atoms with van der Waals surface area (Å²) in [6.45, 7) is 2.17. The monoisotopic (exact) mass is 302 g/mol. The second-order valence-corrected chi connectivity index (χ2v) is 4.32. The Balaban J connectivity index is 2.89. The fraction of sp³-hybridized carbons (Fsp3) is 0.273. The fourth-order valence-corrected chi connectivity index (χ4v) is 2.04. The number of alkyl halides is 1. The first kappa shape index (κ1) is 11.0. The molecule has 0 saturated carbocycles. The molecular weight excluding hydrogens is 292 g/mol. The van der Waals surface area contributed by atoms with Gasteiger partial charge in [-0.15, -0.1) is 0 Å². The molecule has 0 atom stereocenters. The summed E-state index contributed by atoms with van der Waals surface area (Å²) in [6.07, 6.45) is 3.32. The Bertz CT molecular complexity index is 297. The summed E-state index contributed by atoms with van der Waals surface area (Å²) in [5, 5.41) is 0.954. The van der Waals surface area contributed by atoms with Crippen LogP contribution in [-0.2, 0) is 0 Å². The van der Waals surface area contributed by atoms with Gasteiger partial charge in [-0.1, -0.05) is 62.6 Å². The summed E-state index contributed by atoms with van der Waals surface area (Å²) >= 11 is 6.93. The van der Waals surface area contributed by atoms with E-state index in [1.807, 2.05) is 6.07 Å². The molecule has 0 saturated heterocycles. The molecule has 0 unspecified atom stereocenters. The molecule has 1 rings (SSSR count). The first-order chi connectivity index (χ1) is 6.26. The SMILES string of the molecule is CC/C(=C/c1cccc(Br)c1)CBr. The minimum absolute atomic E-state index is 0.954. The van der Waals surface area contributed by atoms with E-state index in [2.05, 4.69) is 63.1 Å². The standard InChI is InChI=1S/C11H12Br2/c1-2-9(8-12)6-10-4-3-5-11(13)7-10/h3-7H,2,8H2,1H3/b9-6-. The van der Waals surface area contributed by atoms with Crippen LogP contribution in [0.4, 0.5) is 0 Å². The molecule has 1 aromatic rings. The summed E-state index contributed by atoms with van der Waals surface area (Å²) in [7, 11) is 0. The molecule has 0 bridgehead atoms. The Morgan fingerprint density at radius 3 is 2.77 bits per heavy atom. The maximum absolute atomic E-state index is 3.47. The van der Waals surface area contributed by atoms with Crippen LogP contribution < -0.4 is 0 Å². The summed E-state index contributed by atoms with van der Waals surface area (Å²) < 4.78 is 1.13. The number of allylic oxidation sites excluding steroid dienone is 1. The number of rotatable bonds is 3. The highest BCUT2D eigenvalue weighted by Gasteiger charge is 1.93. The van der Waals surface area contributed by atoms with Gasteiger partial charge in [-0.3, -0.25) is 0 Å². The van der Waals surface area contributed by atoms with E-state index in [0.717, 1.165) is 16.2 Å². The van der Waals surface area contributed by atoms with Crippen molar-refractivity contribution in [2.24, 2.45) is 0 Å². The third-order valence-electron chi connectivity index (χ3n) is 1.85. The van der Waals surface area contributed by atoms with Gasteiger partial charge in [0.15, 0.2) is 0 Å². The van der Waals surface area contributed by atoms with Crippen LogP contribution in [0.2, 0.25) is 0 Å². The minimum atomic E-state index is 0.954. The van der Waals surface area contributed by atoms with Gasteiger partial charge in [0, 0.05) is 9.80 Å². The van der Waals surface area contributed by atoms with E-state index in [1.165, 1.54) is 11.1 Å². The number of hydrogen-bond donors (Lipinski definition) is 0. The maximum atomic E-state index is 3.47. The van der Waals surface area contributed by atoms with Crippen molar-refractivity contribution in [2.75, 3.05) is 5.33 Å². The van der Waals surface area contributed by atoms with Gasteiger partial charge < -0.3 is 0 Å². The molecule has 1 aromatic carbocycles. The highest BCUT2D eigenvalue weighted by atomic mass is 79.9. The van der Waals surface area contributed by atoms with Crippen molar-refractivity contribution >= 4 is 37.9 Å². The van der Waals surface area contributed by atoms with E-state index in [0.29, 0.717) is 0 Å². The third kappa shape index (κ3) is 3.65. The van der Waals surface area contributed by atoms with E-state index >= 15 is 0 Å². The van der Waals surface area contributed by atoms with Gasteiger partial charge in [-0.2, -0.15) is 0 Å². The summed E-state index contributed by atoms with van der Waals surface area (Å²) in [5.41, 5.74) is 2.67. The van der Waals surface area contributed by atoms with Crippen LogP contribution in [0, 0.1) is 0 Å². The second kappa shape index (κ2) is 5.61. The summed E-state index contributed by atoms with van der Waals surface area (Å²) in [4.78, 5) is 0. The predicted molar refractivity (Wildman–Crippen MR) is 66.2 cm³/mol. The predicted octanol–water partition coefficient (Wildman–Crippen LogP) is 4.64. The highest BCUT2D eigenvalue weighted by molar-refractivity contribution is 9.10. The molecule has 0 radical (unpaired) electrons. The second-order valence-electron chi connectivity index (χ2n) is 2.84. The first-order valence-electron chi connectivity index (χ1n) is 4.27. The summed E-state index contributed by atoms with van der Waals surface area (Å²) in [6, 6.07) is 8.33. The lowest BCUT2D eigenvalue weighted by atomic mass is 10.1. The molecule has 0 aliphatic heterocycles. The van der Waals surface area contributed by atoms with Crippen molar-refractivity contribution in [1.29, 1.82) is 0 Å². The average molecular weight is 304 g/mol. The average Bonchev–Trinajstić information content (AvgIpc) is 2.14. The van der Waals surface area contributed by atoms with E-state index in [1.54, 1.807) is 0 Å². The minimum Gasteiger partial charge on any atom is -0.0880 e. The highest BCUT2D eigenvalue weighted by Crippen LogP contribution is 2.16. The topological polar surface area (TPSA) is 0 Å². The van der Waals surface area contributed by atoms with Crippen molar-refractivity contribution in [1.82, 2.24) is 0 Å². The van der Waals surface area contributed by atoms with Gasteiger partial charge in [0.1, 0.15) is 0 Å². The van der Waals surface area contributed by atoms with Crippen molar-refractivity contribution < 1.29 is 0 Å². The van der Waals surface area contributed by atoms with Crippen molar-refractivity contribution in [3.8, 4) is 0 Å². The first-order valence-corrected chi connectivity index (χ1v) is 6.18. The molecule has 0 amide bonds. The molecule has 70 valence electrons. The molecule has 0 aliphatic rings. The molecule has 0 nitrogen and oxygen atoms in total. The van der Waals surface area contributed by atoms with Crippen LogP contribution in [0.3, 0.4) is 0 Å². The van der Waals surface area contributed by atoms with Crippen LogP contribution in [0.1, 0.15) is 18.9 Å². The van der Waals surface area contributed by atoms with E-state index in [-0.39, 0.29) is 0 Å². The van der Waals surface area contributed by atoms with Crippen LogP contribution in [0.15, 0.2) is 34.3 Å². The molecular formula is C11H12Br2.